The second kappa shape index (κ2) is 10.1. The van der Waals surface area contributed by atoms with E-state index in [1.54, 1.807) is 12.0 Å². The van der Waals surface area contributed by atoms with Crippen molar-refractivity contribution < 1.29 is 13.9 Å². The number of halogens is 1. The van der Waals surface area contributed by atoms with Crippen LogP contribution in [0.15, 0.2) is 77.2 Å². The number of nitrogens with zero attached hydrogens (tertiary/aromatic N) is 1. The summed E-state index contributed by atoms with van der Waals surface area (Å²) >= 11 is 3.82. The normalized spacial score (nSPS) is 20.1. The lowest BCUT2D eigenvalue weighted by molar-refractivity contribution is 0.0138. The van der Waals surface area contributed by atoms with Crippen LogP contribution in [0.2, 0.25) is 0 Å². The van der Waals surface area contributed by atoms with Crippen LogP contribution in [-0.2, 0) is 11.2 Å². The second-order valence-corrected chi connectivity index (χ2v) is 9.53. The van der Waals surface area contributed by atoms with Crippen LogP contribution in [-0.4, -0.2) is 41.9 Å². The first-order valence-electron chi connectivity index (χ1n) is 11.4. The maximum atomic E-state index is 13.7. The van der Waals surface area contributed by atoms with Gasteiger partial charge in [-0.2, -0.15) is 0 Å². The molecule has 1 amide bonds. The first-order chi connectivity index (χ1) is 16.0. The fourth-order valence-corrected chi connectivity index (χ4v) is 5.13. The van der Waals surface area contributed by atoms with Gasteiger partial charge in [-0.15, -0.1) is 0 Å². The molecule has 1 aromatic heterocycles. The van der Waals surface area contributed by atoms with Gasteiger partial charge in [0.15, 0.2) is 0 Å². The Morgan fingerprint density at radius 2 is 1.88 bits per heavy atom. The van der Waals surface area contributed by atoms with Crippen LogP contribution in [0.4, 0.5) is 0 Å². The number of methoxy groups -OCH3 is 1. The van der Waals surface area contributed by atoms with Crippen molar-refractivity contribution in [3.05, 3.63) is 89.7 Å². The number of rotatable bonds is 8. The highest BCUT2D eigenvalue weighted by atomic mass is 79.9. The van der Waals surface area contributed by atoms with Crippen LogP contribution in [0, 0.1) is 0 Å². The molecule has 0 radical (unpaired) electrons. The largest absolute Gasteiger partial charge is 0.460 e. The highest BCUT2D eigenvalue weighted by molar-refractivity contribution is 9.09. The fraction of sp³-hybridized carbons (Fsp3) is 0.321. The lowest BCUT2D eigenvalue weighted by Crippen LogP contribution is -2.50. The Kier molecular flexibility index (Phi) is 7.20. The molecular weight excluding hydrogens is 478 g/mol. The van der Waals surface area contributed by atoms with Gasteiger partial charge in [0.05, 0.1) is 16.9 Å². The smallest absolute Gasteiger partial charge is 0.257 e. The van der Waals surface area contributed by atoms with Crippen molar-refractivity contribution >= 4 is 38.4 Å². The number of ether oxygens (including phenoxy) is 1. The predicted molar refractivity (Wildman–Crippen MR) is 138 cm³/mol. The summed E-state index contributed by atoms with van der Waals surface area (Å²) in [7, 11) is 3.52. The number of likely N-dealkylation sites (N-methyl/N-ethyl adjacent to an activating group) is 1. The third-order valence-electron chi connectivity index (χ3n) is 6.30. The molecule has 2 atom stereocenters. The molecule has 4 nitrogen and oxygen atoms in total. The van der Waals surface area contributed by atoms with Crippen molar-refractivity contribution in [2.75, 3.05) is 20.7 Å². The Labute approximate surface area is 204 Å². The fourth-order valence-electron chi connectivity index (χ4n) is 4.36. The lowest BCUT2D eigenvalue weighted by Gasteiger charge is -2.38. The summed E-state index contributed by atoms with van der Waals surface area (Å²) in [4.78, 5) is 15.3. The summed E-state index contributed by atoms with van der Waals surface area (Å²) in [6, 6.07) is 18.0. The average Bonchev–Trinajstić information content (AvgIpc) is 3.22. The van der Waals surface area contributed by atoms with Gasteiger partial charge in [0.2, 0.25) is 0 Å². The summed E-state index contributed by atoms with van der Waals surface area (Å²) in [5.74, 6) is 0.718. The van der Waals surface area contributed by atoms with Crippen molar-refractivity contribution in [1.29, 1.82) is 0 Å². The van der Waals surface area contributed by atoms with Crippen molar-refractivity contribution in [1.82, 2.24) is 4.90 Å². The van der Waals surface area contributed by atoms with Gasteiger partial charge in [0.25, 0.3) is 5.91 Å². The van der Waals surface area contributed by atoms with Crippen molar-refractivity contribution in [2.24, 2.45) is 0 Å². The van der Waals surface area contributed by atoms with Crippen LogP contribution < -0.4 is 0 Å². The quantitative estimate of drug-likeness (QED) is 0.320. The molecule has 0 aliphatic heterocycles. The van der Waals surface area contributed by atoms with Crippen molar-refractivity contribution in [3.63, 3.8) is 0 Å². The number of carbonyl (C=O) groups excluding carboxylic acids is 1. The van der Waals surface area contributed by atoms with Gasteiger partial charge in [0.1, 0.15) is 16.9 Å². The Balaban J connectivity index is 1.60. The first-order valence-corrected chi connectivity index (χ1v) is 12.3. The summed E-state index contributed by atoms with van der Waals surface area (Å²) in [5, 5.41) is 0.868. The van der Waals surface area contributed by atoms with Crippen molar-refractivity contribution in [2.45, 2.75) is 36.6 Å². The molecule has 0 bridgehead atoms. The van der Waals surface area contributed by atoms with Crippen LogP contribution in [0.5, 0.6) is 0 Å². The summed E-state index contributed by atoms with van der Waals surface area (Å²) in [6.45, 7) is 2.54. The minimum atomic E-state index is -0.675. The van der Waals surface area contributed by atoms with E-state index in [1.165, 1.54) is 0 Å². The molecule has 1 aliphatic rings. The van der Waals surface area contributed by atoms with E-state index in [0.717, 1.165) is 47.1 Å². The molecule has 172 valence electrons. The molecule has 3 aromatic rings. The molecule has 0 spiro atoms. The maximum Gasteiger partial charge on any atom is 0.257 e. The molecule has 2 unspecified atom stereocenters. The molecule has 0 saturated heterocycles. The van der Waals surface area contributed by atoms with Gasteiger partial charge < -0.3 is 14.1 Å². The van der Waals surface area contributed by atoms with E-state index in [2.05, 4.69) is 53.2 Å². The van der Waals surface area contributed by atoms with Crippen LogP contribution in [0.25, 0.3) is 16.5 Å². The number of allylic oxidation sites excluding steroid dienone is 2. The lowest BCUT2D eigenvalue weighted by atomic mass is 9.88. The molecule has 0 N–H and O–H groups in total. The number of alkyl halides is 1. The number of hydrogen-bond acceptors (Lipinski definition) is 3. The number of carbonyl (C=O) groups is 1. The molecule has 33 heavy (non-hydrogen) atoms. The number of aryl methyl sites for hydroxylation is 1. The minimum absolute atomic E-state index is 0.0478. The molecule has 5 heteroatoms. The zero-order valence-corrected chi connectivity index (χ0v) is 21.0. The number of furan rings is 1. The molecule has 0 saturated carbocycles. The van der Waals surface area contributed by atoms with Crippen molar-refractivity contribution in [3.8, 4) is 0 Å². The van der Waals surface area contributed by atoms with E-state index in [0.29, 0.717) is 12.1 Å². The standard InChI is InChI=1S/C28H30BrNO3/c1-4-5-14-24-26(22-13-9-10-15-23(22)33-24)27(31)30(2)19-28(32-3)17-16-21(18-25(28)29)20-11-7-6-8-12-20/h6-13,15-18,25H,4-5,14,19H2,1-3H3. The average molecular weight is 508 g/mol. The third-order valence-corrected chi connectivity index (χ3v) is 7.33. The van der Waals surface area contributed by atoms with Gasteiger partial charge in [0, 0.05) is 26.0 Å². The molecule has 1 heterocycles. The first kappa shape index (κ1) is 23.5. The zero-order chi connectivity index (χ0) is 23.4. The molecule has 0 fully saturated rings. The highest BCUT2D eigenvalue weighted by Gasteiger charge is 2.39. The number of benzene rings is 2. The van der Waals surface area contributed by atoms with E-state index < -0.39 is 5.60 Å². The molecule has 2 aromatic carbocycles. The Hall–Kier alpha value is -2.63. The third kappa shape index (κ3) is 4.71. The van der Waals surface area contributed by atoms with Gasteiger partial charge >= 0.3 is 0 Å². The number of amides is 1. The zero-order valence-electron chi connectivity index (χ0n) is 19.4. The van der Waals surface area contributed by atoms with Gasteiger partial charge in [-0.25, -0.2) is 0 Å². The topological polar surface area (TPSA) is 42.7 Å². The van der Waals surface area contributed by atoms with E-state index in [1.807, 2.05) is 49.5 Å². The van der Waals surface area contributed by atoms with Crippen LogP contribution in [0.3, 0.4) is 0 Å². The van der Waals surface area contributed by atoms with Crippen LogP contribution in [0.1, 0.15) is 41.4 Å². The maximum absolute atomic E-state index is 13.7. The predicted octanol–water partition coefficient (Wildman–Crippen LogP) is 6.65. The molecule has 4 rings (SSSR count). The highest BCUT2D eigenvalue weighted by Crippen LogP contribution is 2.35. The number of unbranched alkanes of at least 4 members (excludes halogenated alkanes) is 1. The SMILES string of the molecule is CCCCc1oc2ccccc2c1C(=O)N(C)CC1(OC)C=CC(c2ccccc2)=CC1Br. The second-order valence-electron chi connectivity index (χ2n) is 8.54. The summed E-state index contributed by atoms with van der Waals surface area (Å²) in [5.41, 5.74) is 3.03. The van der Waals surface area contributed by atoms with E-state index >= 15 is 0 Å². The number of fused-ring (bicyclic) bond motifs is 1. The van der Waals surface area contributed by atoms with Gasteiger partial charge in [-0.05, 0) is 29.7 Å². The van der Waals surface area contributed by atoms with E-state index in [4.69, 9.17) is 9.15 Å². The van der Waals surface area contributed by atoms with Gasteiger partial charge in [-0.1, -0.05) is 90.0 Å². The number of hydrogen-bond donors (Lipinski definition) is 0. The van der Waals surface area contributed by atoms with Crippen LogP contribution >= 0.6 is 15.9 Å². The monoisotopic (exact) mass is 507 g/mol. The number of para-hydroxylation sites is 1. The Morgan fingerprint density at radius 1 is 1.15 bits per heavy atom. The van der Waals surface area contributed by atoms with Gasteiger partial charge in [-0.3, -0.25) is 4.79 Å². The summed E-state index contributed by atoms with van der Waals surface area (Å²) in [6.07, 6.45) is 9.06. The van der Waals surface area contributed by atoms with E-state index in [-0.39, 0.29) is 10.7 Å². The van der Waals surface area contributed by atoms with E-state index in [9.17, 15) is 4.79 Å². The Morgan fingerprint density at radius 3 is 2.58 bits per heavy atom. The Bertz CT molecular complexity index is 1180. The minimum Gasteiger partial charge on any atom is -0.460 e. The molecule has 1 aliphatic carbocycles. The molecular formula is C28H30BrNO3. The summed E-state index contributed by atoms with van der Waals surface area (Å²) < 4.78 is 12.1.